The largest absolute Gasteiger partial charge is 0.483 e. The first-order chi connectivity index (χ1) is 12.0. The molecule has 0 saturated carbocycles. The zero-order chi connectivity index (χ0) is 18.0. The first-order valence-corrected chi connectivity index (χ1v) is 7.96. The number of hydrogen-bond acceptors (Lipinski definition) is 5. The van der Waals surface area contributed by atoms with Crippen molar-refractivity contribution in [2.75, 3.05) is 13.2 Å². The third kappa shape index (κ3) is 3.38. The third-order valence-electron chi connectivity index (χ3n) is 4.22. The van der Waals surface area contributed by atoms with Gasteiger partial charge in [0.25, 0.3) is 5.91 Å². The molecule has 0 bridgehead atoms. The molecule has 1 N–H and O–H groups in total. The second kappa shape index (κ2) is 6.77. The number of ether oxygens (including phenoxy) is 1. The lowest BCUT2D eigenvalue weighted by molar-refractivity contribution is -0.133. The average molecular weight is 339 g/mol. The Hall–Kier alpha value is -3.14. The van der Waals surface area contributed by atoms with Crippen LogP contribution in [0.25, 0.3) is 10.9 Å². The maximum atomic E-state index is 12.3. The Morgan fingerprint density at radius 1 is 1.44 bits per heavy atom. The molecule has 1 aromatic heterocycles. The molecule has 0 aliphatic carbocycles. The molecule has 0 spiro atoms. The van der Waals surface area contributed by atoms with Crippen molar-refractivity contribution in [3.05, 3.63) is 35.5 Å². The highest BCUT2D eigenvalue weighted by Gasteiger charge is 2.28. The predicted octanol–water partition coefficient (Wildman–Crippen LogP) is 2.13. The Kier molecular flexibility index (Phi) is 4.52. The van der Waals surface area contributed by atoms with E-state index in [4.69, 9.17) is 10.00 Å². The predicted molar refractivity (Wildman–Crippen MR) is 89.3 cm³/mol. The summed E-state index contributed by atoms with van der Waals surface area (Å²) in [4.78, 5) is 29.2. The first kappa shape index (κ1) is 16.7. The zero-order valence-electron chi connectivity index (χ0n) is 13.7. The van der Waals surface area contributed by atoms with Crippen molar-refractivity contribution in [1.82, 2.24) is 9.88 Å². The van der Waals surface area contributed by atoms with Crippen LogP contribution in [-0.4, -0.2) is 46.1 Å². The summed E-state index contributed by atoms with van der Waals surface area (Å²) in [6.07, 6.45) is 1.47. The van der Waals surface area contributed by atoms with Gasteiger partial charge in [-0.05, 0) is 37.5 Å². The quantitative estimate of drug-likeness (QED) is 0.915. The number of carbonyl (C=O) groups is 2. The van der Waals surface area contributed by atoms with Gasteiger partial charge in [-0.3, -0.25) is 4.79 Å². The van der Waals surface area contributed by atoms with Crippen molar-refractivity contribution < 1.29 is 19.4 Å². The topological polar surface area (TPSA) is 104 Å². The number of hydrogen-bond donors (Lipinski definition) is 1. The molecule has 1 amide bonds. The molecule has 7 nitrogen and oxygen atoms in total. The van der Waals surface area contributed by atoms with E-state index in [1.54, 1.807) is 12.1 Å². The summed E-state index contributed by atoms with van der Waals surface area (Å²) < 4.78 is 5.61. The molecule has 1 fully saturated rings. The fourth-order valence-corrected chi connectivity index (χ4v) is 2.96. The van der Waals surface area contributed by atoms with Crippen molar-refractivity contribution in [3.63, 3.8) is 0 Å². The summed E-state index contributed by atoms with van der Waals surface area (Å²) in [6.45, 7) is 2.18. The smallest absolute Gasteiger partial charge is 0.354 e. The lowest BCUT2D eigenvalue weighted by Gasteiger charge is -2.20. The number of carboxylic acid groups (broad SMARTS) is 1. The van der Waals surface area contributed by atoms with Crippen LogP contribution >= 0.6 is 0 Å². The molecule has 25 heavy (non-hydrogen) atoms. The van der Waals surface area contributed by atoms with E-state index >= 15 is 0 Å². The van der Waals surface area contributed by atoms with E-state index in [-0.39, 0.29) is 18.2 Å². The molecule has 2 aromatic rings. The lowest BCUT2D eigenvalue weighted by atomic mass is 10.1. The Balaban J connectivity index is 1.86. The highest BCUT2D eigenvalue weighted by Crippen LogP contribution is 2.27. The minimum atomic E-state index is -1.16. The number of benzene rings is 1. The Bertz CT molecular complexity index is 888. The number of nitrogens with zero attached hydrogens (tertiary/aromatic N) is 3. The van der Waals surface area contributed by atoms with Gasteiger partial charge in [0.1, 0.15) is 11.8 Å². The summed E-state index contributed by atoms with van der Waals surface area (Å²) in [6, 6.07) is 8.44. The van der Waals surface area contributed by atoms with Gasteiger partial charge < -0.3 is 14.7 Å². The number of carbonyl (C=O) groups excluding carboxylic acids is 1. The van der Waals surface area contributed by atoms with Crippen molar-refractivity contribution in [2.24, 2.45) is 0 Å². The fourth-order valence-electron chi connectivity index (χ4n) is 2.96. The highest BCUT2D eigenvalue weighted by atomic mass is 16.5. The van der Waals surface area contributed by atoms with E-state index in [2.05, 4.69) is 11.1 Å². The van der Waals surface area contributed by atoms with Gasteiger partial charge in [0.05, 0.1) is 11.6 Å². The van der Waals surface area contributed by atoms with Gasteiger partial charge in [0.2, 0.25) is 0 Å². The van der Waals surface area contributed by atoms with Gasteiger partial charge >= 0.3 is 5.97 Å². The minimum Gasteiger partial charge on any atom is -0.483 e. The SMILES string of the molecule is Cc1ccc2c(OCC(=O)N3CCCC3C#N)cc(C(=O)O)nc2c1. The van der Waals surface area contributed by atoms with Gasteiger partial charge in [-0.15, -0.1) is 0 Å². The monoisotopic (exact) mass is 339 g/mol. The van der Waals surface area contributed by atoms with Gasteiger partial charge in [-0.1, -0.05) is 6.07 Å². The van der Waals surface area contributed by atoms with Crippen LogP contribution in [0.1, 0.15) is 28.9 Å². The summed E-state index contributed by atoms with van der Waals surface area (Å²) in [5.41, 5.74) is 1.30. The maximum Gasteiger partial charge on any atom is 0.354 e. The van der Waals surface area contributed by atoms with Crippen LogP contribution in [0.3, 0.4) is 0 Å². The third-order valence-corrected chi connectivity index (χ3v) is 4.22. The van der Waals surface area contributed by atoms with E-state index in [1.807, 2.05) is 13.0 Å². The second-order valence-corrected chi connectivity index (χ2v) is 5.99. The second-order valence-electron chi connectivity index (χ2n) is 5.99. The number of rotatable bonds is 4. The molecular weight excluding hydrogens is 322 g/mol. The van der Waals surface area contributed by atoms with Gasteiger partial charge in [0.15, 0.2) is 12.3 Å². The molecule has 3 rings (SSSR count). The van der Waals surface area contributed by atoms with Crippen molar-refractivity contribution in [1.29, 1.82) is 5.26 Å². The molecular formula is C18H17N3O4. The molecule has 7 heteroatoms. The number of fused-ring (bicyclic) bond motifs is 1. The summed E-state index contributed by atoms with van der Waals surface area (Å²) in [5.74, 6) is -1.15. The molecule has 2 heterocycles. The number of aromatic carboxylic acids is 1. The van der Waals surface area contributed by atoms with E-state index < -0.39 is 12.0 Å². The van der Waals surface area contributed by atoms with Crippen LogP contribution in [0.15, 0.2) is 24.3 Å². The number of aromatic nitrogens is 1. The number of pyridine rings is 1. The fraction of sp³-hybridized carbons (Fsp3) is 0.333. The molecule has 0 radical (unpaired) electrons. The Morgan fingerprint density at radius 3 is 2.96 bits per heavy atom. The minimum absolute atomic E-state index is 0.142. The van der Waals surface area contributed by atoms with Crippen molar-refractivity contribution in [3.8, 4) is 11.8 Å². The van der Waals surface area contributed by atoms with Gasteiger partial charge in [-0.25, -0.2) is 9.78 Å². The van der Waals surface area contributed by atoms with E-state index in [1.165, 1.54) is 11.0 Å². The highest BCUT2D eigenvalue weighted by molar-refractivity contribution is 5.93. The van der Waals surface area contributed by atoms with E-state index in [0.717, 1.165) is 12.0 Å². The van der Waals surface area contributed by atoms with E-state index in [0.29, 0.717) is 29.6 Å². The lowest BCUT2D eigenvalue weighted by Crippen LogP contribution is -2.37. The standard InChI is InChI=1S/C18H17N3O4/c1-11-4-5-13-14(7-11)20-15(18(23)24)8-16(13)25-10-17(22)21-6-2-3-12(21)9-19/h4-5,7-8,12H,2-3,6,10H2,1H3,(H,23,24). The number of carboxylic acids is 1. The average Bonchev–Trinajstić information content (AvgIpc) is 3.07. The molecule has 1 saturated heterocycles. The summed E-state index contributed by atoms with van der Waals surface area (Å²) >= 11 is 0. The van der Waals surface area contributed by atoms with Crippen LogP contribution in [-0.2, 0) is 4.79 Å². The number of aryl methyl sites for hydroxylation is 1. The van der Waals surface area contributed by atoms with Crippen LogP contribution in [0.2, 0.25) is 0 Å². The van der Waals surface area contributed by atoms with Crippen LogP contribution in [0.4, 0.5) is 0 Å². The van der Waals surface area contributed by atoms with Crippen LogP contribution < -0.4 is 4.74 Å². The summed E-state index contributed by atoms with van der Waals surface area (Å²) in [7, 11) is 0. The molecule has 1 atom stereocenters. The molecule has 1 aliphatic rings. The Morgan fingerprint density at radius 2 is 2.24 bits per heavy atom. The van der Waals surface area contributed by atoms with Crippen LogP contribution in [0.5, 0.6) is 5.75 Å². The number of amides is 1. The van der Waals surface area contributed by atoms with Crippen LogP contribution in [0, 0.1) is 18.3 Å². The zero-order valence-corrected chi connectivity index (χ0v) is 13.7. The molecule has 1 unspecified atom stereocenters. The number of nitriles is 1. The van der Waals surface area contributed by atoms with Crippen molar-refractivity contribution in [2.45, 2.75) is 25.8 Å². The van der Waals surface area contributed by atoms with Crippen molar-refractivity contribution >= 4 is 22.8 Å². The molecule has 1 aliphatic heterocycles. The normalized spacial score (nSPS) is 16.6. The molecule has 128 valence electrons. The maximum absolute atomic E-state index is 12.3. The first-order valence-electron chi connectivity index (χ1n) is 7.96. The molecule has 1 aromatic carbocycles. The number of likely N-dealkylation sites (tertiary alicyclic amines) is 1. The van der Waals surface area contributed by atoms with Gasteiger partial charge in [0, 0.05) is 18.0 Å². The van der Waals surface area contributed by atoms with Gasteiger partial charge in [-0.2, -0.15) is 5.26 Å². The van der Waals surface area contributed by atoms with E-state index in [9.17, 15) is 14.7 Å². The summed E-state index contributed by atoms with van der Waals surface area (Å²) in [5, 5.41) is 18.9. The Labute approximate surface area is 144 Å².